The van der Waals surface area contributed by atoms with Crippen LogP contribution < -0.4 is 20.9 Å². The first-order chi connectivity index (χ1) is 26.4. The van der Waals surface area contributed by atoms with Gasteiger partial charge in [0.1, 0.15) is 18.2 Å². The highest BCUT2D eigenvalue weighted by Gasteiger charge is 2.45. The molecule has 2 fully saturated rings. The van der Waals surface area contributed by atoms with E-state index in [2.05, 4.69) is 65.5 Å². The first kappa shape index (κ1) is 35.1. The van der Waals surface area contributed by atoms with Crippen molar-refractivity contribution in [2.24, 2.45) is 0 Å². The maximum atomic E-state index is 12.8. The Morgan fingerprint density at radius 2 is 1.67 bits per heavy atom. The molecular formula is C38H43N13O3. The van der Waals surface area contributed by atoms with Gasteiger partial charge in [-0.15, -0.1) is 10.2 Å². The molecule has 54 heavy (non-hydrogen) atoms. The smallest absolute Gasteiger partial charge is 0.315 e. The van der Waals surface area contributed by atoms with Crippen LogP contribution in [-0.2, 0) is 13.0 Å². The molecule has 6 aromatic rings. The van der Waals surface area contributed by atoms with E-state index in [0.29, 0.717) is 74.2 Å². The summed E-state index contributed by atoms with van der Waals surface area (Å²) in [6, 6.07) is 22.9. The molecule has 0 spiro atoms. The van der Waals surface area contributed by atoms with Crippen molar-refractivity contribution in [1.29, 1.82) is 0 Å². The van der Waals surface area contributed by atoms with Gasteiger partial charge in [-0.05, 0) is 46.9 Å². The zero-order valence-corrected chi connectivity index (χ0v) is 29.8. The number of aromatic nitrogens is 9. The molecule has 278 valence electrons. The highest BCUT2D eigenvalue weighted by atomic mass is 16.3. The van der Waals surface area contributed by atoms with Crippen LogP contribution in [0.3, 0.4) is 0 Å². The Hall–Kier alpha value is -6.00. The minimum atomic E-state index is -1.13. The number of imidazole rings is 1. The molecule has 8 rings (SSSR count). The van der Waals surface area contributed by atoms with Crippen LogP contribution >= 0.6 is 0 Å². The number of hydrogen-bond donors (Lipinski definition) is 5. The van der Waals surface area contributed by atoms with Crippen molar-refractivity contribution in [3.63, 3.8) is 0 Å². The number of rotatable bonds is 12. The van der Waals surface area contributed by atoms with Gasteiger partial charge in [0.2, 0.25) is 5.95 Å². The van der Waals surface area contributed by atoms with E-state index in [0.717, 1.165) is 16.7 Å². The Labute approximate surface area is 311 Å². The van der Waals surface area contributed by atoms with Crippen LogP contribution in [0.1, 0.15) is 60.3 Å². The molecular weight excluding hydrogens is 687 g/mol. The Balaban J connectivity index is 1.08. The summed E-state index contributed by atoms with van der Waals surface area (Å²) in [4.78, 5) is 35.1. The minimum Gasteiger partial charge on any atom is -0.388 e. The lowest BCUT2D eigenvalue weighted by Crippen LogP contribution is -2.43. The van der Waals surface area contributed by atoms with Gasteiger partial charge in [0.15, 0.2) is 22.8 Å². The van der Waals surface area contributed by atoms with Crippen LogP contribution in [0.2, 0.25) is 0 Å². The van der Waals surface area contributed by atoms with Gasteiger partial charge in [-0.3, -0.25) is 4.98 Å². The summed E-state index contributed by atoms with van der Waals surface area (Å²) in [5.41, 5.74) is 4.33. The van der Waals surface area contributed by atoms with Gasteiger partial charge in [0, 0.05) is 57.0 Å². The SMILES string of the molecule is CCc1nnn([C@H]2C[C@@H](n3cnc4c(NCC(c5ccccc5)c5ccccc5)nc(N5CCC(NC(=O)NCc6ccncc6)C5)nc43)[C@H](O)[C@@H]2O)n1. The summed E-state index contributed by atoms with van der Waals surface area (Å²) in [7, 11) is 0. The zero-order valence-electron chi connectivity index (χ0n) is 29.8. The van der Waals surface area contributed by atoms with Gasteiger partial charge in [-0.1, -0.05) is 67.6 Å². The third-order valence-electron chi connectivity index (χ3n) is 10.4. The minimum absolute atomic E-state index is 0.0183. The fourth-order valence-electron chi connectivity index (χ4n) is 7.42. The van der Waals surface area contributed by atoms with Gasteiger partial charge in [0.25, 0.3) is 0 Å². The van der Waals surface area contributed by atoms with Crippen LogP contribution in [0.25, 0.3) is 11.2 Å². The highest BCUT2D eigenvalue weighted by molar-refractivity contribution is 5.84. The number of aliphatic hydroxyl groups is 2. The van der Waals surface area contributed by atoms with Gasteiger partial charge in [-0.2, -0.15) is 14.8 Å². The Bertz CT molecular complexity index is 2130. The molecule has 16 nitrogen and oxygen atoms in total. The van der Waals surface area contributed by atoms with Crippen LogP contribution in [0.15, 0.2) is 91.5 Å². The summed E-state index contributed by atoms with van der Waals surface area (Å²) < 4.78 is 1.82. The average Bonchev–Trinajstić information content (AvgIpc) is 4.03. The number of amides is 2. The van der Waals surface area contributed by atoms with Crippen LogP contribution in [0.4, 0.5) is 16.6 Å². The summed E-state index contributed by atoms with van der Waals surface area (Å²) in [5.74, 6) is 1.60. The predicted octanol–water partition coefficient (Wildman–Crippen LogP) is 3.00. The number of fused-ring (bicyclic) bond motifs is 1. The van der Waals surface area contributed by atoms with Gasteiger partial charge in [-0.25, -0.2) is 9.78 Å². The van der Waals surface area contributed by atoms with Gasteiger partial charge < -0.3 is 35.6 Å². The van der Waals surface area contributed by atoms with E-state index in [4.69, 9.17) is 15.0 Å². The second-order valence-corrected chi connectivity index (χ2v) is 13.8. The zero-order chi connectivity index (χ0) is 37.0. The maximum absolute atomic E-state index is 12.8. The number of urea groups is 1. The van der Waals surface area contributed by atoms with Crippen molar-refractivity contribution in [2.45, 2.75) is 69.0 Å². The van der Waals surface area contributed by atoms with E-state index in [1.165, 1.54) is 4.80 Å². The first-order valence-corrected chi connectivity index (χ1v) is 18.4. The van der Waals surface area contributed by atoms with E-state index in [9.17, 15) is 15.0 Å². The van der Waals surface area contributed by atoms with Crippen molar-refractivity contribution in [1.82, 2.24) is 55.3 Å². The number of benzene rings is 2. The Morgan fingerprint density at radius 3 is 2.37 bits per heavy atom. The first-order valence-electron chi connectivity index (χ1n) is 18.4. The van der Waals surface area contributed by atoms with E-state index in [-0.39, 0.29) is 18.0 Å². The molecule has 5 N–H and O–H groups in total. The molecule has 1 saturated heterocycles. The summed E-state index contributed by atoms with van der Waals surface area (Å²) >= 11 is 0. The predicted molar refractivity (Wildman–Crippen MR) is 201 cm³/mol. The summed E-state index contributed by atoms with van der Waals surface area (Å²) in [6.45, 7) is 3.98. The second-order valence-electron chi connectivity index (χ2n) is 13.8. The van der Waals surface area contributed by atoms with E-state index in [1.54, 1.807) is 18.7 Å². The largest absolute Gasteiger partial charge is 0.388 e. The van der Waals surface area contributed by atoms with Crippen LogP contribution in [-0.4, -0.2) is 98.8 Å². The molecule has 5 atom stereocenters. The Kier molecular flexibility index (Phi) is 10.1. The number of aliphatic hydroxyl groups excluding tert-OH is 2. The van der Waals surface area contributed by atoms with Crippen molar-refractivity contribution >= 4 is 29.0 Å². The van der Waals surface area contributed by atoms with Crippen LogP contribution in [0, 0.1) is 0 Å². The third kappa shape index (κ3) is 7.30. The number of nitrogens with zero attached hydrogens (tertiary/aromatic N) is 10. The van der Waals surface area contributed by atoms with Crippen molar-refractivity contribution < 1.29 is 15.0 Å². The van der Waals surface area contributed by atoms with E-state index >= 15 is 0 Å². The molecule has 2 aromatic carbocycles. The molecule has 16 heteroatoms. The topological polar surface area (TPSA) is 197 Å². The molecule has 1 aliphatic heterocycles. The lowest BCUT2D eigenvalue weighted by Gasteiger charge is -2.22. The second kappa shape index (κ2) is 15.5. The lowest BCUT2D eigenvalue weighted by molar-refractivity contribution is 0.00473. The van der Waals surface area contributed by atoms with E-state index in [1.807, 2.05) is 60.0 Å². The Morgan fingerprint density at radius 1 is 0.944 bits per heavy atom. The third-order valence-corrected chi connectivity index (χ3v) is 10.4. The standard InChI is InChI=1S/C38H43N13O3/c1-2-31-46-48-51(47-31)30-19-29(33(52)34(30)53)50-23-42-32-35(40-21-28(25-9-5-3-6-10-25)26-11-7-4-8-12-26)44-37(45-36(32)50)49-18-15-27(22-49)43-38(54)41-20-24-13-16-39-17-14-24/h3-14,16-17,23,27-30,33-34,52-53H,2,15,18-22H2,1H3,(H,40,44,45)(H2,41,43,54)/t27?,29-,30+,33+,34-/m1/s1. The van der Waals surface area contributed by atoms with E-state index < -0.39 is 24.3 Å². The fourth-order valence-corrected chi connectivity index (χ4v) is 7.42. The number of tetrazole rings is 1. The van der Waals surface area contributed by atoms with Gasteiger partial charge >= 0.3 is 6.03 Å². The fraction of sp³-hybridized carbons (Fsp3) is 0.368. The lowest BCUT2D eigenvalue weighted by atomic mass is 9.91. The highest BCUT2D eigenvalue weighted by Crippen LogP contribution is 2.40. The van der Waals surface area contributed by atoms with Crippen molar-refractivity contribution in [2.75, 3.05) is 29.9 Å². The molecule has 4 aromatic heterocycles. The number of carbonyl (C=O) groups excluding carboxylic acids is 1. The normalized spacial score (nSPS) is 21.2. The molecule has 1 saturated carbocycles. The summed E-state index contributed by atoms with van der Waals surface area (Å²) in [6.07, 6.45) is 4.43. The number of carbonyl (C=O) groups is 1. The molecule has 5 heterocycles. The number of pyridine rings is 1. The molecule has 1 aliphatic carbocycles. The van der Waals surface area contributed by atoms with Crippen molar-refractivity contribution in [3.05, 3.63) is 114 Å². The number of anilines is 2. The number of hydrogen-bond acceptors (Lipinski definition) is 12. The quantitative estimate of drug-likeness (QED) is 0.124. The summed E-state index contributed by atoms with van der Waals surface area (Å²) in [5, 5.41) is 44.8. The van der Waals surface area contributed by atoms with Crippen molar-refractivity contribution in [3.8, 4) is 0 Å². The average molecular weight is 730 g/mol. The number of nitrogens with one attached hydrogen (secondary N) is 3. The molecule has 2 aliphatic rings. The monoisotopic (exact) mass is 729 g/mol. The molecule has 0 bridgehead atoms. The van der Waals surface area contributed by atoms with Gasteiger partial charge in [0.05, 0.1) is 12.4 Å². The number of aryl methyl sites for hydroxylation is 1. The molecule has 0 radical (unpaired) electrons. The maximum Gasteiger partial charge on any atom is 0.315 e. The molecule has 2 amide bonds. The van der Waals surface area contributed by atoms with Crippen LogP contribution in [0.5, 0.6) is 0 Å². The molecule has 1 unspecified atom stereocenters.